The Labute approximate surface area is 156 Å². The average Bonchev–Trinajstić information content (AvgIpc) is 2.94. The summed E-state index contributed by atoms with van der Waals surface area (Å²) < 4.78 is 10.6. The molecule has 0 aromatic carbocycles. The van der Waals surface area contributed by atoms with Gasteiger partial charge in [0.15, 0.2) is 0 Å². The van der Waals surface area contributed by atoms with E-state index in [1.807, 2.05) is 17.9 Å². The van der Waals surface area contributed by atoms with Gasteiger partial charge in [0, 0.05) is 30.9 Å². The van der Waals surface area contributed by atoms with Gasteiger partial charge in [-0.15, -0.1) is 0 Å². The monoisotopic (exact) mass is 361 g/mol. The molecule has 1 atom stereocenters. The highest BCUT2D eigenvalue weighted by Crippen LogP contribution is 2.34. The zero-order valence-corrected chi connectivity index (χ0v) is 16.0. The predicted molar refractivity (Wildman–Crippen MR) is 101 cm³/mol. The maximum atomic E-state index is 12.0. The molecule has 0 unspecified atom stereocenters. The lowest BCUT2D eigenvalue weighted by Crippen LogP contribution is -2.41. The maximum Gasteiger partial charge on any atom is 0.409 e. The number of piperidine rings is 1. The average molecular weight is 361 g/mol. The van der Waals surface area contributed by atoms with Crippen LogP contribution in [0.15, 0.2) is 18.3 Å². The first kappa shape index (κ1) is 19.0. The number of amides is 1. The first-order valence-electron chi connectivity index (χ1n) is 9.87. The highest BCUT2D eigenvalue weighted by Gasteiger charge is 2.29. The summed E-state index contributed by atoms with van der Waals surface area (Å²) in [6.07, 6.45) is 7.17. The molecule has 0 bridgehead atoms. The second-order valence-corrected chi connectivity index (χ2v) is 7.18. The molecule has 0 N–H and O–H groups in total. The molecular formula is C20H31N3O3. The molecule has 2 aliphatic rings. The fourth-order valence-electron chi connectivity index (χ4n) is 4.30. The van der Waals surface area contributed by atoms with Gasteiger partial charge < -0.3 is 19.3 Å². The van der Waals surface area contributed by atoms with Crippen molar-refractivity contribution >= 4 is 6.09 Å². The van der Waals surface area contributed by atoms with Crippen LogP contribution in [0.3, 0.4) is 0 Å². The number of nitrogens with zero attached hydrogens (tertiary/aromatic N) is 3. The molecule has 0 aliphatic carbocycles. The molecule has 1 amide bonds. The van der Waals surface area contributed by atoms with Crippen LogP contribution in [0.5, 0.6) is 5.88 Å². The smallest absolute Gasteiger partial charge is 0.409 e. The van der Waals surface area contributed by atoms with Gasteiger partial charge >= 0.3 is 6.09 Å². The number of ether oxygens (including phenoxy) is 2. The van der Waals surface area contributed by atoms with E-state index in [1.165, 1.54) is 5.56 Å². The number of hydrogen-bond acceptors (Lipinski definition) is 5. The first-order valence-corrected chi connectivity index (χ1v) is 9.87. The van der Waals surface area contributed by atoms with Crippen LogP contribution in [0.4, 0.5) is 4.79 Å². The van der Waals surface area contributed by atoms with Gasteiger partial charge in [-0.3, -0.25) is 0 Å². The largest absolute Gasteiger partial charge is 0.481 e. The molecule has 6 heteroatoms. The third kappa shape index (κ3) is 4.47. The molecule has 2 aliphatic heterocycles. The number of methoxy groups -OCH3 is 1. The normalized spacial score (nSPS) is 22.7. The van der Waals surface area contributed by atoms with Crippen molar-refractivity contribution in [1.29, 1.82) is 0 Å². The van der Waals surface area contributed by atoms with Gasteiger partial charge in [-0.25, -0.2) is 9.78 Å². The van der Waals surface area contributed by atoms with E-state index in [4.69, 9.17) is 9.47 Å². The number of aromatic nitrogens is 1. The minimum absolute atomic E-state index is 0.157. The number of rotatable bonds is 4. The molecule has 144 valence electrons. The van der Waals surface area contributed by atoms with Crippen LogP contribution in [0, 0.1) is 0 Å². The lowest BCUT2D eigenvalue weighted by molar-refractivity contribution is 0.105. The number of pyridine rings is 1. The van der Waals surface area contributed by atoms with E-state index in [-0.39, 0.29) is 6.09 Å². The molecule has 2 saturated heterocycles. The summed E-state index contributed by atoms with van der Waals surface area (Å²) in [6, 6.07) is 4.72. The summed E-state index contributed by atoms with van der Waals surface area (Å²) in [5.41, 5.74) is 1.24. The lowest BCUT2D eigenvalue weighted by atomic mass is 9.89. The Bertz CT molecular complexity index is 587. The predicted octanol–water partition coefficient (Wildman–Crippen LogP) is 3.28. The van der Waals surface area contributed by atoms with Crippen molar-refractivity contribution in [3.05, 3.63) is 23.9 Å². The molecule has 26 heavy (non-hydrogen) atoms. The molecular weight excluding hydrogens is 330 g/mol. The second-order valence-electron chi connectivity index (χ2n) is 7.18. The van der Waals surface area contributed by atoms with Gasteiger partial charge in [0.2, 0.25) is 5.88 Å². The van der Waals surface area contributed by atoms with Crippen LogP contribution >= 0.6 is 0 Å². The highest BCUT2D eigenvalue weighted by atomic mass is 16.6. The van der Waals surface area contributed by atoms with E-state index in [1.54, 1.807) is 13.3 Å². The Morgan fingerprint density at radius 3 is 2.73 bits per heavy atom. The van der Waals surface area contributed by atoms with Crippen LogP contribution in [0.2, 0.25) is 0 Å². The van der Waals surface area contributed by atoms with Crippen molar-refractivity contribution in [3.8, 4) is 5.88 Å². The Hall–Kier alpha value is -1.82. The van der Waals surface area contributed by atoms with Crippen molar-refractivity contribution in [2.75, 3.05) is 39.9 Å². The fourth-order valence-corrected chi connectivity index (χ4v) is 4.30. The van der Waals surface area contributed by atoms with Crippen molar-refractivity contribution in [1.82, 2.24) is 14.8 Å². The molecule has 6 nitrogen and oxygen atoms in total. The van der Waals surface area contributed by atoms with E-state index in [9.17, 15) is 4.79 Å². The van der Waals surface area contributed by atoms with E-state index in [0.717, 1.165) is 64.2 Å². The van der Waals surface area contributed by atoms with Crippen molar-refractivity contribution in [2.24, 2.45) is 0 Å². The second kappa shape index (κ2) is 9.21. The minimum Gasteiger partial charge on any atom is -0.481 e. The van der Waals surface area contributed by atoms with Gasteiger partial charge in [0.1, 0.15) is 0 Å². The maximum absolute atomic E-state index is 12.0. The van der Waals surface area contributed by atoms with Gasteiger partial charge in [-0.1, -0.05) is 6.07 Å². The molecule has 2 fully saturated rings. The van der Waals surface area contributed by atoms with E-state index in [0.29, 0.717) is 18.6 Å². The van der Waals surface area contributed by atoms with Crippen LogP contribution in [-0.2, 0) is 4.74 Å². The fraction of sp³-hybridized carbons (Fsp3) is 0.700. The zero-order valence-electron chi connectivity index (χ0n) is 16.0. The number of hydrogen-bond donors (Lipinski definition) is 0. The SMILES string of the molecule is CCOC(=O)N1CCC[C@H](N2CCC(c3cccnc3OC)CC2)CC1. The van der Waals surface area contributed by atoms with Crippen LogP contribution < -0.4 is 4.74 Å². The third-order valence-corrected chi connectivity index (χ3v) is 5.70. The Kier molecular flexibility index (Phi) is 6.72. The Morgan fingerprint density at radius 1 is 1.19 bits per heavy atom. The quantitative estimate of drug-likeness (QED) is 0.824. The Morgan fingerprint density at radius 2 is 2.00 bits per heavy atom. The van der Waals surface area contributed by atoms with Crippen LogP contribution in [0.25, 0.3) is 0 Å². The van der Waals surface area contributed by atoms with Gasteiger partial charge in [-0.2, -0.15) is 0 Å². The van der Waals surface area contributed by atoms with Crippen LogP contribution in [0.1, 0.15) is 50.5 Å². The summed E-state index contributed by atoms with van der Waals surface area (Å²) in [6.45, 7) is 6.14. The van der Waals surface area contributed by atoms with Gasteiger partial charge in [0.25, 0.3) is 0 Å². The summed E-state index contributed by atoms with van der Waals surface area (Å²) >= 11 is 0. The zero-order chi connectivity index (χ0) is 18.4. The number of carbonyl (C=O) groups excluding carboxylic acids is 1. The Balaban J connectivity index is 1.53. The van der Waals surface area contributed by atoms with Crippen molar-refractivity contribution < 1.29 is 14.3 Å². The van der Waals surface area contributed by atoms with E-state index < -0.39 is 0 Å². The molecule has 0 radical (unpaired) electrons. The van der Waals surface area contributed by atoms with Crippen molar-refractivity contribution in [3.63, 3.8) is 0 Å². The number of carbonyl (C=O) groups is 1. The highest BCUT2D eigenvalue weighted by molar-refractivity contribution is 5.67. The molecule has 0 spiro atoms. The molecule has 3 rings (SSSR count). The van der Waals surface area contributed by atoms with Crippen molar-refractivity contribution in [2.45, 2.75) is 51.0 Å². The van der Waals surface area contributed by atoms with E-state index >= 15 is 0 Å². The molecule has 1 aromatic rings. The van der Waals surface area contributed by atoms with Crippen LogP contribution in [-0.4, -0.2) is 66.8 Å². The summed E-state index contributed by atoms with van der Waals surface area (Å²) in [7, 11) is 1.70. The van der Waals surface area contributed by atoms with Gasteiger partial charge in [-0.05, 0) is 64.1 Å². The first-order chi connectivity index (χ1) is 12.7. The minimum atomic E-state index is -0.157. The molecule has 0 saturated carbocycles. The summed E-state index contributed by atoms with van der Waals surface area (Å²) in [4.78, 5) is 20.8. The van der Waals surface area contributed by atoms with E-state index in [2.05, 4.69) is 16.0 Å². The van der Waals surface area contributed by atoms with Gasteiger partial charge in [0.05, 0.1) is 13.7 Å². The lowest BCUT2D eigenvalue weighted by Gasteiger charge is -2.37. The topological polar surface area (TPSA) is 54.9 Å². The molecule has 3 heterocycles. The third-order valence-electron chi connectivity index (χ3n) is 5.70. The summed E-state index contributed by atoms with van der Waals surface area (Å²) in [5.74, 6) is 1.29. The molecule has 1 aromatic heterocycles. The summed E-state index contributed by atoms with van der Waals surface area (Å²) in [5, 5.41) is 0. The standard InChI is InChI=1S/C20H31N3O3/c1-3-26-20(24)23-12-5-6-17(10-15-23)22-13-8-16(9-14-22)18-7-4-11-21-19(18)25-2/h4,7,11,16-17H,3,5-6,8-10,12-15H2,1-2H3/t17-/m0/s1. The number of likely N-dealkylation sites (tertiary alicyclic amines) is 2.